The van der Waals surface area contributed by atoms with Gasteiger partial charge in [-0.1, -0.05) is 198 Å². The standard InChI is InChI=1S/C53H94O6/c1-4-7-10-13-16-19-22-24-26-27-28-30-31-34-37-40-43-46-52(55)58-49-50(48-57-51(54)45-42-39-36-33-21-18-15-12-9-6-3)59-53(56)47-44-41-38-35-32-29-25-23-20-17-14-11-8-5-2/h16,19,23-26,28,30,50H,4-15,17-18,20-22,27,29,31-49H2,1-3H3/b19-16-,25-23-,26-24-,30-28-/t50-/m1/s1. The molecule has 0 bridgehead atoms. The lowest BCUT2D eigenvalue weighted by Gasteiger charge is -2.18. The van der Waals surface area contributed by atoms with Crippen LogP contribution < -0.4 is 0 Å². The van der Waals surface area contributed by atoms with Gasteiger partial charge in [-0.15, -0.1) is 0 Å². The van der Waals surface area contributed by atoms with Crippen molar-refractivity contribution in [3.05, 3.63) is 48.6 Å². The Balaban J connectivity index is 4.39. The van der Waals surface area contributed by atoms with Crippen molar-refractivity contribution >= 4 is 17.9 Å². The first-order chi connectivity index (χ1) is 29.0. The van der Waals surface area contributed by atoms with Crippen LogP contribution in [0.2, 0.25) is 0 Å². The second-order valence-corrected chi connectivity index (χ2v) is 16.7. The van der Waals surface area contributed by atoms with Crippen molar-refractivity contribution in [3.8, 4) is 0 Å². The minimum atomic E-state index is -0.782. The highest BCUT2D eigenvalue weighted by Crippen LogP contribution is 2.14. The molecule has 0 heterocycles. The summed E-state index contributed by atoms with van der Waals surface area (Å²) in [6.07, 6.45) is 56.6. The summed E-state index contributed by atoms with van der Waals surface area (Å²) in [5.74, 6) is -0.910. The van der Waals surface area contributed by atoms with Crippen LogP contribution in [-0.2, 0) is 28.6 Å². The Morgan fingerprint density at radius 1 is 0.339 bits per heavy atom. The van der Waals surface area contributed by atoms with Gasteiger partial charge in [-0.05, 0) is 83.5 Å². The molecule has 6 heteroatoms. The highest BCUT2D eigenvalue weighted by molar-refractivity contribution is 5.71. The van der Waals surface area contributed by atoms with Gasteiger partial charge in [0.15, 0.2) is 6.10 Å². The third-order valence-corrected chi connectivity index (χ3v) is 10.8. The number of ether oxygens (including phenoxy) is 3. The second-order valence-electron chi connectivity index (χ2n) is 16.7. The van der Waals surface area contributed by atoms with E-state index in [-0.39, 0.29) is 31.1 Å². The first-order valence-corrected chi connectivity index (χ1v) is 25.1. The van der Waals surface area contributed by atoms with E-state index in [0.717, 1.165) is 96.3 Å². The minimum Gasteiger partial charge on any atom is -0.462 e. The van der Waals surface area contributed by atoms with Gasteiger partial charge in [-0.25, -0.2) is 0 Å². The van der Waals surface area contributed by atoms with E-state index in [1.807, 2.05) is 0 Å². The first-order valence-electron chi connectivity index (χ1n) is 25.1. The lowest BCUT2D eigenvalue weighted by molar-refractivity contribution is -0.167. The Bertz CT molecular complexity index is 1040. The van der Waals surface area contributed by atoms with Gasteiger partial charge >= 0.3 is 17.9 Å². The summed E-state index contributed by atoms with van der Waals surface area (Å²) in [7, 11) is 0. The molecule has 6 nitrogen and oxygen atoms in total. The zero-order valence-electron chi connectivity index (χ0n) is 39.0. The largest absolute Gasteiger partial charge is 0.462 e. The van der Waals surface area contributed by atoms with Crippen LogP contribution >= 0.6 is 0 Å². The molecule has 0 N–H and O–H groups in total. The van der Waals surface area contributed by atoms with Crippen LogP contribution in [0.4, 0.5) is 0 Å². The Morgan fingerprint density at radius 3 is 1.00 bits per heavy atom. The Morgan fingerprint density at radius 2 is 0.610 bits per heavy atom. The summed E-state index contributed by atoms with van der Waals surface area (Å²) in [4.78, 5) is 37.9. The van der Waals surface area contributed by atoms with Gasteiger partial charge in [-0.3, -0.25) is 14.4 Å². The van der Waals surface area contributed by atoms with Gasteiger partial charge in [-0.2, -0.15) is 0 Å². The number of carbonyl (C=O) groups is 3. The lowest BCUT2D eigenvalue weighted by atomic mass is 10.1. The molecule has 0 saturated carbocycles. The molecule has 0 aromatic heterocycles. The van der Waals surface area contributed by atoms with E-state index in [1.165, 1.54) is 116 Å². The quantitative estimate of drug-likeness (QED) is 0.0263. The van der Waals surface area contributed by atoms with Crippen molar-refractivity contribution in [2.24, 2.45) is 0 Å². The number of esters is 3. The molecule has 0 spiro atoms. The molecule has 0 aliphatic rings. The third-order valence-electron chi connectivity index (χ3n) is 10.8. The van der Waals surface area contributed by atoms with Crippen LogP contribution in [0.25, 0.3) is 0 Å². The summed E-state index contributed by atoms with van der Waals surface area (Å²) < 4.78 is 16.7. The molecule has 1 atom stereocenters. The molecule has 0 aliphatic carbocycles. The molecule has 0 amide bonds. The van der Waals surface area contributed by atoms with Crippen molar-refractivity contribution in [1.82, 2.24) is 0 Å². The Kier molecular flexibility index (Phi) is 45.9. The Hall–Kier alpha value is -2.63. The number of rotatable bonds is 45. The third kappa shape index (κ3) is 46.3. The number of unbranched alkanes of at least 4 members (excludes halogenated alkanes) is 26. The molecule has 0 radical (unpaired) electrons. The molecule has 0 rings (SSSR count). The highest BCUT2D eigenvalue weighted by Gasteiger charge is 2.19. The monoisotopic (exact) mass is 827 g/mol. The van der Waals surface area contributed by atoms with E-state index in [4.69, 9.17) is 14.2 Å². The van der Waals surface area contributed by atoms with Crippen molar-refractivity contribution < 1.29 is 28.6 Å². The van der Waals surface area contributed by atoms with Gasteiger partial charge in [0, 0.05) is 19.3 Å². The van der Waals surface area contributed by atoms with Crippen molar-refractivity contribution in [3.63, 3.8) is 0 Å². The average molecular weight is 827 g/mol. The molecule has 0 unspecified atom stereocenters. The van der Waals surface area contributed by atoms with E-state index < -0.39 is 6.10 Å². The van der Waals surface area contributed by atoms with Crippen LogP contribution in [0.3, 0.4) is 0 Å². The van der Waals surface area contributed by atoms with Crippen molar-refractivity contribution in [2.75, 3.05) is 13.2 Å². The number of hydrogen-bond donors (Lipinski definition) is 0. The maximum absolute atomic E-state index is 12.8. The van der Waals surface area contributed by atoms with Gasteiger partial charge in [0.1, 0.15) is 13.2 Å². The fourth-order valence-electron chi connectivity index (χ4n) is 6.97. The van der Waals surface area contributed by atoms with Crippen LogP contribution in [0, 0.1) is 0 Å². The summed E-state index contributed by atoms with van der Waals surface area (Å²) in [6, 6.07) is 0. The van der Waals surface area contributed by atoms with Gasteiger partial charge in [0.25, 0.3) is 0 Å². The normalized spacial score (nSPS) is 12.4. The maximum Gasteiger partial charge on any atom is 0.306 e. The number of carbonyl (C=O) groups excluding carboxylic acids is 3. The SMILES string of the molecule is CCCCC/C=C\C/C=C\C/C=C\CCCCCCC(=O)OC[C@@H](COC(=O)CCCCCCCCCCCC)OC(=O)CCCCCCC/C=C\CCCCCCC. The number of hydrogen-bond acceptors (Lipinski definition) is 6. The Labute approximate surface area is 365 Å². The summed E-state index contributed by atoms with van der Waals surface area (Å²) in [6.45, 7) is 6.57. The van der Waals surface area contributed by atoms with Crippen molar-refractivity contribution in [2.45, 2.75) is 258 Å². The molecular formula is C53H94O6. The summed E-state index contributed by atoms with van der Waals surface area (Å²) in [5, 5.41) is 0. The van der Waals surface area contributed by atoms with E-state index in [0.29, 0.717) is 19.3 Å². The van der Waals surface area contributed by atoms with Crippen LogP contribution in [0.1, 0.15) is 252 Å². The van der Waals surface area contributed by atoms with Crippen LogP contribution in [-0.4, -0.2) is 37.2 Å². The van der Waals surface area contributed by atoms with Crippen LogP contribution in [0.5, 0.6) is 0 Å². The van der Waals surface area contributed by atoms with Crippen molar-refractivity contribution in [1.29, 1.82) is 0 Å². The fourth-order valence-corrected chi connectivity index (χ4v) is 6.97. The zero-order chi connectivity index (χ0) is 43.0. The summed E-state index contributed by atoms with van der Waals surface area (Å²) >= 11 is 0. The molecule has 59 heavy (non-hydrogen) atoms. The maximum atomic E-state index is 12.8. The minimum absolute atomic E-state index is 0.0820. The van der Waals surface area contributed by atoms with E-state index >= 15 is 0 Å². The topological polar surface area (TPSA) is 78.9 Å². The molecule has 0 saturated heterocycles. The molecule has 0 fully saturated rings. The second kappa shape index (κ2) is 48.0. The molecule has 0 aromatic carbocycles. The highest BCUT2D eigenvalue weighted by atomic mass is 16.6. The molecular weight excluding hydrogens is 733 g/mol. The van der Waals surface area contributed by atoms with Gasteiger partial charge in [0.2, 0.25) is 0 Å². The predicted molar refractivity (Wildman–Crippen MR) is 252 cm³/mol. The lowest BCUT2D eigenvalue weighted by Crippen LogP contribution is -2.30. The van der Waals surface area contributed by atoms with Gasteiger partial charge in [0.05, 0.1) is 0 Å². The van der Waals surface area contributed by atoms with E-state index in [1.54, 1.807) is 0 Å². The molecule has 0 aliphatic heterocycles. The zero-order valence-corrected chi connectivity index (χ0v) is 39.0. The number of allylic oxidation sites excluding steroid dienone is 8. The van der Waals surface area contributed by atoms with Crippen LogP contribution in [0.15, 0.2) is 48.6 Å². The molecule has 342 valence electrons. The fraction of sp³-hybridized carbons (Fsp3) is 0.792. The van der Waals surface area contributed by atoms with Gasteiger partial charge < -0.3 is 14.2 Å². The van der Waals surface area contributed by atoms with E-state index in [2.05, 4.69) is 69.4 Å². The average Bonchev–Trinajstić information content (AvgIpc) is 3.23. The summed E-state index contributed by atoms with van der Waals surface area (Å²) in [5.41, 5.74) is 0. The predicted octanol–water partition coefficient (Wildman–Crippen LogP) is 16.3. The smallest absolute Gasteiger partial charge is 0.306 e. The first kappa shape index (κ1) is 56.4. The molecule has 0 aromatic rings. The van der Waals surface area contributed by atoms with E-state index in [9.17, 15) is 14.4 Å².